The number of aliphatic hydroxyl groups excluding tert-OH is 1. The van der Waals surface area contributed by atoms with Gasteiger partial charge in [0.05, 0.1) is 22.7 Å². The average molecular weight is 426 g/mol. The molecule has 0 spiro atoms. The zero-order valence-corrected chi connectivity index (χ0v) is 18.5. The summed E-state index contributed by atoms with van der Waals surface area (Å²) in [6.45, 7) is 3.05. The van der Waals surface area contributed by atoms with Crippen molar-refractivity contribution in [3.05, 3.63) is 41.6 Å². The third-order valence-corrected chi connectivity index (χ3v) is 8.08. The number of aryl methyl sites for hydroxylation is 1. The molecule has 2 fully saturated rings. The van der Waals surface area contributed by atoms with Crippen LogP contribution >= 0.6 is 11.8 Å². The van der Waals surface area contributed by atoms with Crippen LogP contribution in [0.4, 0.5) is 11.8 Å². The van der Waals surface area contributed by atoms with Crippen molar-refractivity contribution in [2.75, 3.05) is 49.3 Å². The van der Waals surface area contributed by atoms with Gasteiger partial charge in [0.1, 0.15) is 5.82 Å². The Morgan fingerprint density at radius 2 is 1.87 bits per heavy atom. The number of thioether (sulfide) groups is 1. The molecule has 1 aliphatic carbocycles. The molecular formula is C23H31N5OS. The Bertz CT molecular complexity index is 894. The van der Waals surface area contributed by atoms with Gasteiger partial charge in [-0.1, -0.05) is 30.3 Å². The average Bonchev–Trinajstić information content (AvgIpc) is 3.39. The summed E-state index contributed by atoms with van der Waals surface area (Å²) in [5.74, 6) is 2.84. The van der Waals surface area contributed by atoms with Crippen LogP contribution < -0.4 is 15.5 Å². The molecule has 30 heavy (non-hydrogen) atoms. The molecule has 0 unspecified atom stereocenters. The molecule has 2 aromatic rings. The molecule has 1 aromatic heterocycles. The van der Waals surface area contributed by atoms with E-state index in [-0.39, 0.29) is 17.6 Å². The lowest BCUT2D eigenvalue weighted by molar-refractivity contribution is 0.265. The Morgan fingerprint density at radius 3 is 2.53 bits per heavy atom. The number of piperidine rings is 1. The van der Waals surface area contributed by atoms with Crippen molar-refractivity contribution in [3.63, 3.8) is 0 Å². The van der Waals surface area contributed by atoms with Crippen molar-refractivity contribution in [3.8, 4) is 0 Å². The molecule has 1 saturated heterocycles. The summed E-state index contributed by atoms with van der Waals surface area (Å²) in [6.07, 6.45) is 5.18. The van der Waals surface area contributed by atoms with Crippen LogP contribution in [-0.2, 0) is 11.8 Å². The highest BCUT2D eigenvalue weighted by Crippen LogP contribution is 2.44. The number of likely N-dealkylation sites (N-methyl/N-ethyl adjacent to an activating group) is 1. The molecule has 0 atom stereocenters. The molecule has 2 aliphatic heterocycles. The van der Waals surface area contributed by atoms with Gasteiger partial charge in [0.2, 0.25) is 5.95 Å². The topological polar surface area (TPSA) is 73.3 Å². The molecule has 6 nitrogen and oxygen atoms in total. The molecule has 0 amide bonds. The molecule has 3 heterocycles. The van der Waals surface area contributed by atoms with E-state index in [1.165, 1.54) is 10.5 Å². The van der Waals surface area contributed by atoms with E-state index in [4.69, 9.17) is 9.97 Å². The maximum absolute atomic E-state index is 9.77. The molecule has 3 aliphatic rings. The minimum absolute atomic E-state index is 0.162. The first-order valence-corrected chi connectivity index (χ1v) is 12.0. The number of hydrogen-bond donors (Lipinski definition) is 3. The second kappa shape index (κ2) is 8.02. The van der Waals surface area contributed by atoms with Gasteiger partial charge in [-0.05, 0) is 38.3 Å². The fourth-order valence-electron chi connectivity index (χ4n) is 4.84. The Morgan fingerprint density at radius 1 is 1.10 bits per heavy atom. The lowest BCUT2D eigenvalue weighted by Gasteiger charge is -2.42. The predicted molar refractivity (Wildman–Crippen MR) is 123 cm³/mol. The highest BCUT2D eigenvalue weighted by atomic mass is 32.2. The largest absolute Gasteiger partial charge is 0.394 e. The third kappa shape index (κ3) is 3.67. The Hall–Kier alpha value is -1.83. The zero-order valence-electron chi connectivity index (χ0n) is 17.7. The summed E-state index contributed by atoms with van der Waals surface area (Å²) in [7, 11) is 2.05. The predicted octanol–water partition coefficient (Wildman–Crippen LogP) is 2.82. The van der Waals surface area contributed by atoms with Crippen molar-refractivity contribution in [2.45, 2.75) is 48.0 Å². The number of anilines is 2. The van der Waals surface area contributed by atoms with Crippen LogP contribution in [0.25, 0.3) is 0 Å². The second-order valence-corrected chi connectivity index (χ2v) is 10.1. The number of nitrogens with zero attached hydrogens (tertiary/aromatic N) is 3. The van der Waals surface area contributed by atoms with E-state index < -0.39 is 0 Å². The van der Waals surface area contributed by atoms with Gasteiger partial charge in [0.15, 0.2) is 0 Å². The summed E-state index contributed by atoms with van der Waals surface area (Å²) >= 11 is 1.84. The van der Waals surface area contributed by atoms with Crippen LogP contribution in [0.2, 0.25) is 0 Å². The SMILES string of the molecule is CNCC1(c2ccccc2)CCN(c2nc3c(c(NC4(CO)CC4)n2)SCC3)CC1. The van der Waals surface area contributed by atoms with E-state index >= 15 is 0 Å². The first kappa shape index (κ1) is 20.1. The van der Waals surface area contributed by atoms with Crippen LogP contribution in [0.15, 0.2) is 35.2 Å². The van der Waals surface area contributed by atoms with Gasteiger partial charge < -0.3 is 20.6 Å². The number of aliphatic hydroxyl groups is 1. The number of fused-ring (bicyclic) bond motifs is 1. The lowest BCUT2D eigenvalue weighted by Crippen LogP contribution is -2.48. The third-order valence-electron chi connectivity index (χ3n) is 6.95. The number of rotatable bonds is 7. The molecule has 7 heteroatoms. The molecule has 0 bridgehead atoms. The molecule has 0 radical (unpaired) electrons. The summed E-state index contributed by atoms with van der Waals surface area (Å²) in [5, 5.41) is 16.8. The summed E-state index contributed by atoms with van der Waals surface area (Å²) in [6, 6.07) is 10.9. The molecule has 160 valence electrons. The fraction of sp³-hybridized carbons (Fsp3) is 0.565. The van der Waals surface area contributed by atoms with Crippen LogP contribution in [0.1, 0.15) is 36.9 Å². The quantitative estimate of drug-likeness (QED) is 0.630. The first-order chi connectivity index (χ1) is 14.7. The first-order valence-electron chi connectivity index (χ1n) is 11.0. The molecule has 1 saturated carbocycles. The highest BCUT2D eigenvalue weighted by Gasteiger charge is 2.43. The van der Waals surface area contributed by atoms with Gasteiger partial charge in [-0.2, -0.15) is 4.98 Å². The van der Waals surface area contributed by atoms with E-state index in [1.807, 2.05) is 18.8 Å². The van der Waals surface area contributed by atoms with E-state index in [9.17, 15) is 5.11 Å². The number of nitrogens with one attached hydrogen (secondary N) is 2. The molecule has 1 aromatic carbocycles. The van der Waals surface area contributed by atoms with Crippen molar-refractivity contribution in [1.29, 1.82) is 0 Å². The van der Waals surface area contributed by atoms with Gasteiger partial charge >= 0.3 is 0 Å². The van der Waals surface area contributed by atoms with Crippen LogP contribution in [0.5, 0.6) is 0 Å². The van der Waals surface area contributed by atoms with Crippen molar-refractivity contribution in [2.24, 2.45) is 0 Å². The van der Waals surface area contributed by atoms with Crippen molar-refractivity contribution in [1.82, 2.24) is 15.3 Å². The van der Waals surface area contributed by atoms with Gasteiger partial charge in [-0.25, -0.2) is 4.98 Å². The summed E-state index contributed by atoms with van der Waals surface area (Å²) < 4.78 is 0. The normalized spacial score (nSPS) is 21.3. The smallest absolute Gasteiger partial charge is 0.227 e. The van der Waals surface area contributed by atoms with Crippen molar-refractivity contribution >= 4 is 23.5 Å². The molecule has 3 N–H and O–H groups in total. The lowest BCUT2D eigenvalue weighted by atomic mass is 9.72. The van der Waals surface area contributed by atoms with Crippen LogP contribution in [0, 0.1) is 0 Å². The van der Waals surface area contributed by atoms with E-state index in [2.05, 4.69) is 45.9 Å². The summed E-state index contributed by atoms with van der Waals surface area (Å²) in [4.78, 5) is 13.5. The highest BCUT2D eigenvalue weighted by molar-refractivity contribution is 7.99. The maximum atomic E-state index is 9.77. The van der Waals surface area contributed by atoms with E-state index in [0.29, 0.717) is 0 Å². The standard InChI is InChI=1S/C23H31N5OS/c1-24-15-22(17-5-3-2-4-6-17)10-12-28(13-11-22)21-25-18-7-14-30-19(18)20(26-21)27-23(16-29)8-9-23/h2-6,24,29H,7-16H2,1H3,(H,25,26,27). The van der Waals surface area contributed by atoms with Gasteiger partial charge in [-0.15, -0.1) is 11.8 Å². The number of benzene rings is 1. The minimum atomic E-state index is -0.167. The van der Waals surface area contributed by atoms with Crippen LogP contribution in [0.3, 0.4) is 0 Å². The number of aromatic nitrogens is 2. The molecule has 5 rings (SSSR count). The van der Waals surface area contributed by atoms with E-state index in [1.54, 1.807) is 0 Å². The minimum Gasteiger partial charge on any atom is -0.394 e. The fourth-order valence-corrected chi connectivity index (χ4v) is 5.89. The van der Waals surface area contributed by atoms with Gasteiger partial charge in [-0.3, -0.25) is 0 Å². The maximum Gasteiger partial charge on any atom is 0.227 e. The second-order valence-electron chi connectivity index (χ2n) is 8.97. The Kier molecular flexibility index (Phi) is 5.37. The van der Waals surface area contributed by atoms with Crippen molar-refractivity contribution < 1.29 is 5.11 Å². The van der Waals surface area contributed by atoms with Gasteiger partial charge in [0, 0.05) is 37.2 Å². The Labute approximate surface area is 182 Å². The van der Waals surface area contributed by atoms with Gasteiger partial charge in [0.25, 0.3) is 0 Å². The monoisotopic (exact) mass is 425 g/mol. The number of hydrogen-bond acceptors (Lipinski definition) is 7. The van der Waals surface area contributed by atoms with E-state index in [0.717, 1.165) is 75.0 Å². The molecular weight excluding hydrogens is 394 g/mol. The summed E-state index contributed by atoms with van der Waals surface area (Å²) in [5.41, 5.74) is 2.58. The Balaban J connectivity index is 1.38. The zero-order chi connectivity index (χ0) is 20.6. The van der Waals surface area contributed by atoms with Crippen LogP contribution in [-0.4, -0.2) is 59.7 Å².